The lowest BCUT2D eigenvalue weighted by Gasteiger charge is -2.11. The van der Waals surface area contributed by atoms with E-state index in [2.05, 4.69) is 20.4 Å². The Kier molecular flexibility index (Phi) is 5.44. The molecule has 0 saturated carbocycles. The highest BCUT2D eigenvalue weighted by molar-refractivity contribution is 6.06. The number of carbonyl (C=O) groups excluding carboxylic acids is 1. The summed E-state index contributed by atoms with van der Waals surface area (Å²) in [6.45, 7) is 5.45. The molecule has 1 N–H and O–H groups in total. The number of amides is 1. The Bertz CT molecular complexity index is 1240. The van der Waals surface area contributed by atoms with Gasteiger partial charge in [-0.1, -0.05) is 0 Å². The lowest BCUT2D eigenvalue weighted by atomic mass is 10.1. The van der Waals surface area contributed by atoms with Gasteiger partial charge in [-0.15, -0.1) is 0 Å². The molecular weight excluding hydrogens is 397 g/mol. The molecule has 0 aliphatic rings. The van der Waals surface area contributed by atoms with Crippen LogP contribution in [0, 0.1) is 26.6 Å². The third kappa shape index (κ3) is 4.28. The largest absolute Gasteiger partial charge is 0.424 e. The molecule has 2 aromatic heterocycles. The van der Waals surface area contributed by atoms with Crippen LogP contribution in [-0.2, 0) is 0 Å². The van der Waals surface area contributed by atoms with Crippen LogP contribution in [0.25, 0.3) is 5.69 Å². The molecule has 0 bridgehead atoms. The SMILES string of the molecule is Cc1cc(Oc2ncccn2)ccc1NC(=O)c1c(C)nn(-c2ccc(F)cc2)c1C. The van der Waals surface area contributed by atoms with Crippen LogP contribution in [0.5, 0.6) is 11.8 Å². The van der Waals surface area contributed by atoms with Crippen LogP contribution in [-0.4, -0.2) is 25.7 Å². The molecule has 0 fully saturated rings. The van der Waals surface area contributed by atoms with Crippen molar-refractivity contribution >= 4 is 11.6 Å². The Labute approximate surface area is 178 Å². The zero-order valence-corrected chi connectivity index (χ0v) is 17.3. The summed E-state index contributed by atoms with van der Waals surface area (Å²) in [5, 5.41) is 7.39. The molecule has 4 aromatic rings. The van der Waals surface area contributed by atoms with E-state index in [4.69, 9.17) is 4.74 Å². The average Bonchev–Trinajstić information content (AvgIpc) is 3.05. The molecule has 0 aliphatic carbocycles. The number of aryl methyl sites for hydroxylation is 2. The van der Waals surface area contributed by atoms with Crippen molar-refractivity contribution < 1.29 is 13.9 Å². The number of nitrogens with zero attached hydrogens (tertiary/aromatic N) is 4. The van der Waals surface area contributed by atoms with Crippen molar-refractivity contribution in [1.29, 1.82) is 0 Å². The number of halogens is 1. The van der Waals surface area contributed by atoms with Crippen LogP contribution in [0.3, 0.4) is 0 Å². The molecule has 0 radical (unpaired) electrons. The molecule has 8 heteroatoms. The number of hydrogen-bond acceptors (Lipinski definition) is 5. The van der Waals surface area contributed by atoms with Gasteiger partial charge in [-0.25, -0.2) is 19.0 Å². The van der Waals surface area contributed by atoms with Gasteiger partial charge in [0.05, 0.1) is 22.6 Å². The number of benzene rings is 2. The van der Waals surface area contributed by atoms with Crippen LogP contribution in [0.4, 0.5) is 10.1 Å². The normalized spacial score (nSPS) is 10.7. The van der Waals surface area contributed by atoms with Crippen LogP contribution in [0.2, 0.25) is 0 Å². The van der Waals surface area contributed by atoms with Crippen LogP contribution in [0.1, 0.15) is 27.3 Å². The van der Waals surface area contributed by atoms with Crippen molar-refractivity contribution in [1.82, 2.24) is 19.7 Å². The highest BCUT2D eigenvalue weighted by atomic mass is 19.1. The number of carbonyl (C=O) groups is 1. The topological polar surface area (TPSA) is 81.9 Å². The summed E-state index contributed by atoms with van der Waals surface area (Å²) in [5.41, 5.74) is 3.88. The van der Waals surface area contributed by atoms with Gasteiger partial charge >= 0.3 is 6.01 Å². The molecule has 156 valence electrons. The lowest BCUT2D eigenvalue weighted by Crippen LogP contribution is -2.15. The first-order valence-electron chi connectivity index (χ1n) is 9.61. The van der Waals surface area contributed by atoms with E-state index in [1.165, 1.54) is 12.1 Å². The smallest absolute Gasteiger partial charge is 0.321 e. The minimum atomic E-state index is -0.329. The molecule has 0 atom stereocenters. The molecule has 31 heavy (non-hydrogen) atoms. The Hall–Kier alpha value is -4.07. The summed E-state index contributed by atoms with van der Waals surface area (Å²) in [6, 6.07) is 13.2. The summed E-state index contributed by atoms with van der Waals surface area (Å²) < 4.78 is 20.5. The van der Waals surface area contributed by atoms with Gasteiger partial charge in [0, 0.05) is 18.1 Å². The zero-order chi connectivity index (χ0) is 22.0. The summed E-state index contributed by atoms with van der Waals surface area (Å²) in [6.07, 6.45) is 3.20. The van der Waals surface area contributed by atoms with Gasteiger partial charge in [0.2, 0.25) is 0 Å². The molecule has 2 aromatic carbocycles. The van der Waals surface area contributed by atoms with E-state index in [1.54, 1.807) is 60.4 Å². The first-order valence-corrected chi connectivity index (χ1v) is 9.61. The number of anilines is 1. The van der Waals surface area contributed by atoms with Gasteiger partial charge in [0.15, 0.2) is 0 Å². The van der Waals surface area contributed by atoms with Crippen LogP contribution >= 0.6 is 0 Å². The third-order valence-electron chi connectivity index (χ3n) is 4.79. The molecule has 4 rings (SSSR count). The van der Waals surface area contributed by atoms with Gasteiger partial charge in [-0.3, -0.25) is 4.79 Å². The van der Waals surface area contributed by atoms with Gasteiger partial charge in [0.1, 0.15) is 11.6 Å². The molecule has 0 saturated heterocycles. The minimum absolute atomic E-state index is 0.248. The fraction of sp³-hybridized carbons (Fsp3) is 0.130. The van der Waals surface area contributed by atoms with E-state index in [0.717, 1.165) is 5.56 Å². The molecule has 7 nitrogen and oxygen atoms in total. The maximum absolute atomic E-state index is 13.2. The molecule has 1 amide bonds. The predicted molar refractivity (Wildman–Crippen MR) is 114 cm³/mol. The third-order valence-corrected chi connectivity index (χ3v) is 4.79. The van der Waals surface area contributed by atoms with E-state index in [1.807, 2.05) is 13.8 Å². The van der Waals surface area contributed by atoms with Crippen molar-refractivity contribution in [2.45, 2.75) is 20.8 Å². The summed E-state index contributed by atoms with van der Waals surface area (Å²) in [5.74, 6) is -0.0327. The fourth-order valence-electron chi connectivity index (χ4n) is 3.27. The van der Waals surface area contributed by atoms with Crippen molar-refractivity contribution in [3.63, 3.8) is 0 Å². The van der Waals surface area contributed by atoms with Crippen molar-refractivity contribution in [2.75, 3.05) is 5.32 Å². The molecule has 2 heterocycles. The zero-order valence-electron chi connectivity index (χ0n) is 17.3. The number of ether oxygens (including phenoxy) is 1. The Morgan fingerprint density at radius 2 is 1.74 bits per heavy atom. The van der Waals surface area contributed by atoms with Gasteiger partial charge < -0.3 is 10.1 Å². The summed E-state index contributed by atoms with van der Waals surface area (Å²) in [4.78, 5) is 21.1. The first-order chi connectivity index (χ1) is 14.9. The minimum Gasteiger partial charge on any atom is -0.424 e. The van der Waals surface area contributed by atoms with Crippen molar-refractivity contribution in [2.24, 2.45) is 0 Å². The standard InChI is InChI=1S/C23H20FN5O2/c1-14-13-19(31-23-25-11-4-12-26-23)9-10-20(14)27-22(30)21-15(2)28-29(16(21)3)18-7-5-17(24)6-8-18/h4-13H,1-3H3,(H,27,30). The van der Waals surface area contributed by atoms with E-state index in [0.29, 0.717) is 34.1 Å². The Balaban J connectivity index is 1.55. The van der Waals surface area contributed by atoms with E-state index < -0.39 is 0 Å². The number of rotatable bonds is 5. The molecule has 0 unspecified atom stereocenters. The fourth-order valence-corrected chi connectivity index (χ4v) is 3.27. The van der Waals surface area contributed by atoms with Crippen molar-refractivity contribution in [3.8, 4) is 17.4 Å². The predicted octanol–water partition coefficient (Wildman–Crippen LogP) is 4.77. The van der Waals surface area contributed by atoms with Crippen molar-refractivity contribution in [3.05, 3.63) is 89.3 Å². The maximum Gasteiger partial charge on any atom is 0.321 e. The van der Waals surface area contributed by atoms with Gasteiger partial charge in [-0.2, -0.15) is 5.10 Å². The van der Waals surface area contributed by atoms with E-state index >= 15 is 0 Å². The summed E-state index contributed by atoms with van der Waals surface area (Å²) in [7, 11) is 0. The van der Waals surface area contributed by atoms with Crippen LogP contribution in [0.15, 0.2) is 60.9 Å². The van der Waals surface area contributed by atoms with E-state index in [9.17, 15) is 9.18 Å². The van der Waals surface area contributed by atoms with Gasteiger partial charge in [-0.05, 0) is 74.9 Å². The van der Waals surface area contributed by atoms with Gasteiger partial charge in [0.25, 0.3) is 5.91 Å². The summed E-state index contributed by atoms with van der Waals surface area (Å²) >= 11 is 0. The molecule has 0 aliphatic heterocycles. The Morgan fingerprint density at radius 3 is 2.42 bits per heavy atom. The monoisotopic (exact) mass is 417 g/mol. The first kappa shape index (κ1) is 20.2. The second-order valence-corrected chi connectivity index (χ2v) is 7.00. The highest BCUT2D eigenvalue weighted by Crippen LogP contribution is 2.26. The quantitative estimate of drug-likeness (QED) is 0.506. The highest BCUT2D eigenvalue weighted by Gasteiger charge is 2.20. The molecule has 0 spiro atoms. The second kappa shape index (κ2) is 8.35. The average molecular weight is 417 g/mol. The van der Waals surface area contributed by atoms with Crippen LogP contribution < -0.4 is 10.1 Å². The number of aromatic nitrogens is 4. The number of hydrogen-bond donors (Lipinski definition) is 1. The maximum atomic E-state index is 13.2. The van der Waals surface area contributed by atoms with E-state index in [-0.39, 0.29) is 17.7 Å². The second-order valence-electron chi connectivity index (χ2n) is 7.00. The number of nitrogens with one attached hydrogen (secondary N) is 1. The molecular formula is C23H20FN5O2. The lowest BCUT2D eigenvalue weighted by molar-refractivity contribution is 0.102. The Morgan fingerprint density at radius 1 is 1.03 bits per heavy atom.